The first-order valence-electron chi connectivity index (χ1n) is 12.9. The van der Waals surface area contributed by atoms with Crippen molar-refractivity contribution >= 4 is 6.08 Å². The lowest BCUT2D eigenvalue weighted by Crippen LogP contribution is -2.54. The number of aliphatic hydroxyl groups is 2. The van der Waals surface area contributed by atoms with Gasteiger partial charge in [0.1, 0.15) is 0 Å². The third-order valence-electron chi connectivity index (χ3n) is 10.5. The molecule has 1 heterocycles. The Hall–Kier alpha value is -1.72. The predicted octanol–water partition coefficient (Wildman–Crippen LogP) is 5.18. The highest BCUT2D eigenvalue weighted by Crippen LogP contribution is 2.67. The number of aliphatic hydroxyl groups excluding tert-OH is 2. The maximum absolute atomic E-state index is 11.6. The molecule has 1 aromatic rings. The third kappa shape index (κ3) is 3.18. The zero-order valence-electron chi connectivity index (χ0n) is 20.2. The lowest BCUT2D eigenvalue weighted by Gasteiger charge is -2.60. The fraction of sp³-hybridized carbons (Fsp3) is 0.714. The fourth-order valence-electron chi connectivity index (χ4n) is 8.68. The van der Waals surface area contributed by atoms with Gasteiger partial charge in [-0.25, -0.2) is 0 Å². The first-order valence-corrected chi connectivity index (χ1v) is 12.9. The van der Waals surface area contributed by atoms with Gasteiger partial charge < -0.3 is 24.4 Å². The van der Waals surface area contributed by atoms with Crippen LogP contribution in [-0.2, 0) is 0 Å². The minimum atomic E-state index is -0.404. The highest BCUT2D eigenvalue weighted by Gasteiger charge is 2.61. The zero-order valence-corrected chi connectivity index (χ0v) is 20.2. The van der Waals surface area contributed by atoms with Crippen molar-refractivity contribution in [1.29, 1.82) is 0 Å². The van der Waals surface area contributed by atoms with E-state index < -0.39 is 6.10 Å². The van der Waals surface area contributed by atoms with Gasteiger partial charge in [0.15, 0.2) is 11.5 Å². The van der Waals surface area contributed by atoms with E-state index in [9.17, 15) is 10.2 Å². The second-order valence-corrected chi connectivity index (χ2v) is 11.9. The van der Waals surface area contributed by atoms with Gasteiger partial charge in [-0.3, -0.25) is 0 Å². The van der Waals surface area contributed by atoms with Gasteiger partial charge >= 0.3 is 0 Å². The number of ether oxygens (including phenoxy) is 3. The summed E-state index contributed by atoms with van der Waals surface area (Å²) < 4.78 is 16.7. The molecule has 1 aromatic carbocycles. The molecule has 4 aliphatic carbocycles. The van der Waals surface area contributed by atoms with Crippen LogP contribution in [0.1, 0.15) is 70.8 Å². The van der Waals surface area contributed by atoms with Gasteiger partial charge in [0.2, 0.25) is 12.5 Å². The van der Waals surface area contributed by atoms with E-state index in [2.05, 4.69) is 19.9 Å². The molecule has 8 atom stereocenters. The third-order valence-corrected chi connectivity index (χ3v) is 10.5. The molecule has 0 spiro atoms. The summed E-state index contributed by atoms with van der Waals surface area (Å²) in [5.74, 6) is 4.64. The summed E-state index contributed by atoms with van der Waals surface area (Å²) >= 11 is 0. The van der Waals surface area contributed by atoms with Crippen molar-refractivity contribution in [3.8, 4) is 17.2 Å². The summed E-state index contributed by atoms with van der Waals surface area (Å²) in [6.45, 7) is 5.07. The summed E-state index contributed by atoms with van der Waals surface area (Å²) in [7, 11) is 1.65. The van der Waals surface area contributed by atoms with E-state index in [-0.39, 0.29) is 18.3 Å². The molecule has 0 unspecified atom stereocenters. The number of hydrogen-bond donors (Lipinski definition) is 2. The molecule has 6 rings (SSSR count). The summed E-state index contributed by atoms with van der Waals surface area (Å²) in [4.78, 5) is 0. The molecule has 0 radical (unpaired) electrons. The van der Waals surface area contributed by atoms with Gasteiger partial charge in [0.25, 0.3) is 0 Å². The van der Waals surface area contributed by atoms with E-state index in [4.69, 9.17) is 14.2 Å². The molecule has 1 aliphatic heterocycles. The van der Waals surface area contributed by atoms with E-state index in [0.717, 1.165) is 49.2 Å². The lowest BCUT2D eigenvalue weighted by molar-refractivity contribution is -0.133. The van der Waals surface area contributed by atoms with E-state index in [1.807, 2.05) is 12.1 Å². The Morgan fingerprint density at radius 2 is 1.82 bits per heavy atom. The molecule has 5 heteroatoms. The van der Waals surface area contributed by atoms with E-state index >= 15 is 0 Å². The molecule has 2 N–H and O–H groups in total. The second-order valence-electron chi connectivity index (χ2n) is 11.9. The van der Waals surface area contributed by atoms with Crippen LogP contribution in [-0.4, -0.2) is 36.3 Å². The number of hydrogen-bond acceptors (Lipinski definition) is 5. The molecule has 5 nitrogen and oxygen atoms in total. The molecule has 180 valence electrons. The number of rotatable bonds is 2. The number of benzene rings is 1. The molecule has 5 aliphatic rings. The first-order chi connectivity index (χ1) is 15.8. The average molecular weight is 455 g/mol. The normalized spacial score (nSPS) is 44.8. The Bertz CT molecular complexity index is 971. The van der Waals surface area contributed by atoms with Crippen molar-refractivity contribution in [1.82, 2.24) is 0 Å². The van der Waals surface area contributed by atoms with Crippen molar-refractivity contribution in [2.45, 2.75) is 77.4 Å². The van der Waals surface area contributed by atoms with Gasteiger partial charge in [-0.05, 0) is 104 Å². The van der Waals surface area contributed by atoms with Gasteiger partial charge in [-0.2, -0.15) is 0 Å². The molecular weight excluding hydrogens is 416 g/mol. The first kappa shape index (κ1) is 21.8. The minimum Gasteiger partial charge on any atom is -0.493 e. The van der Waals surface area contributed by atoms with Crippen molar-refractivity contribution in [2.24, 2.45) is 34.5 Å². The van der Waals surface area contributed by atoms with Gasteiger partial charge in [-0.15, -0.1) is 0 Å². The van der Waals surface area contributed by atoms with Gasteiger partial charge in [0, 0.05) is 5.41 Å². The predicted molar refractivity (Wildman–Crippen MR) is 126 cm³/mol. The Morgan fingerprint density at radius 1 is 1.00 bits per heavy atom. The largest absolute Gasteiger partial charge is 0.493 e. The van der Waals surface area contributed by atoms with E-state index in [1.54, 1.807) is 7.11 Å². The smallest absolute Gasteiger partial charge is 0.231 e. The highest BCUT2D eigenvalue weighted by atomic mass is 16.7. The van der Waals surface area contributed by atoms with Crippen LogP contribution in [0.2, 0.25) is 0 Å². The molecule has 0 saturated heterocycles. The minimum absolute atomic E-state index is 0.0508. The van der Waals surface area contributed by atoms with Gasteiger partial charge in [-0.1, -0.05) is 19.9 Å². The van der Waals surface area contributed by atoms with Crippen LogP contribution in [0.3, 0.4) is 0 Å². The second kappa shape index (κ2) is 7.64. The maximum atomic E-state index is 11.6. The molecule has 0 amide bonds. The Labute approximate surface area is 197 Å². The molecule has 33 heavy (non-hydrogen) atoms. The van der Waals surface area contributed by atoms with Crippen molar-refractivity contribution in [2.75, 3.05) is 13.9 Å². The topological polar surface area (TPSA) is 68.2 Å². The summed E-state index contributed by atoms with van der Waals surface area (Å²) in [6, 6.07) is 3.98. The highest BCUT2D eigenvalue weighted by molar-refractivity contribution is 5.65. The maximum Gasteiger partial charge on any atom is 0.231 e. The Kier molecular flexibility index (Phi) is 5.05. The van der Waals surface area contributed by atoms with Crippen LogP contribution in [0.4, 0.5) is 0 Å². The van der Waals surface area contributed by atoms with Crippen LogP contribution >= 0.6 is 0 Å². The lowest BCUT2D eigenvalue weighted by atomic mass is 9.45. The van der Waals surface area contributed by atoms with E-state index in [0.29, 0.717) is 40.4 Å². The standard InChI is InChI=1S/C28H38O5/c1-27-8-6-19(29)14-18(27)4-5-20-21(27)7-9-28(2)22(20)13-17(26(28)30)10-16-11-23(31-3)25-24(12-16)32-15-33-25/h10-12,18-22,26,29-30H,4-9,13-15H2,1-3H3/b17-10-/t18-,19-,20-,21+,22+,26-,27-,28+/m0/s1. The molecule has 4 saturated carbocycles. The van der Waals surface area contributed by atoms with Crippen LogP contribution in [0.5, 0.6) is 17.2 Å². The molecule has 4 fully saturated rings. The van der Waals surface area contributed by atoms with E-state index in [1.165, 1.54) is 19.3 Å². The Morgan fingerprint density at radius 3 is 2.64 bits per heavy atom. The summed E-state index contributed by atoms with van der Waals surface area (Å²) in [5.41, 5.74) is 2.45. The fourth-order valence-corrected chi connectivity index (χ4v) is 8.68. The summed E-state index contributed by atoms with van der Waals surface area (Å²) in [6.07, 6.45) is 10.5. The monoisotopic (exact) mass is 454 g/mol. The zero-order chi connectivity index (χ0) is 23.0. The number of fused-ring (bicyclic) bond motifs is 6. The van der Waals surface area contributed by atoms with Crippen molar-refractivity contribution in [3.63, 3.8) is 0 Å². The van der Waals surface area contributed by atoms with Crippen LogP contribution in [0, 0.1) is 34.5 Å². The average Bonchev–Trinajstić information content (AvgIpc) is 3.37. The van der Waals surface area contributed by atoms with Crippen LogP contribution in [0.25, 0.3) is 6.08 Å². The number of methoxy groups -OCH3 is 1. The SMILES string of the molecule is COc1cc(/C=C2/C[C@@H]3[C@H]4CC[C@H]5C[C@@H](O)CC[C@]5(C)[C@@H]4CC[C@@]3(C)[C@H]2O)cc2c1OCO2. The molecule has 0 bridgehead atoms. The quantitative estimate of drug-likeness (QED) is 0.644. The van der Waals surface area contributed by atoms with Crippen LogP contribution < -0.4 is 14.2 Å². The Balaban J connectivity index is 1.30. The van der Waals surface area contributed by atoms with Crippen LogP contribution in [0.15, 0.2) is 17.7 Å². The van der Waals surface area contributed by atoms with Gasteiger partial charge in [0.05, 0.1) is 19.3 Å². The molecular formula is C28H38O5. The van der Waals surface area contributed by atoms with Crippen molar-refractivity contribution in [3.05, 3.63) is 23.3 Å². The summed E-state index contributed by atoms with van der Waals surface area (Å²) in [5, 5.41) is 21.8. The van der Waals surface area contributed by atoms with Crippen molar-refractivity contribution < 1.29 is 24.4 Å². The molecule has 0 aromatic heterocycles.